The van der Waals surface area contributed by atoms with Gasteiger partial charge in [0.25, 0.3) is 0 Å². The Morgan fingerprint density at radius 3 is 2.69 bits per heavy atom. The summed E-state index contributed by atoms with van der Waals surface area (Å²) in [6.45, 7) is 3.91. The molecule has 0 amide bonds. The number of rotatable bonds is 2. The summed E-state index contributed by atoms with van der Waals surface area (Å²) in [6.07, 6.45) is 0. The number of hydrogen-bond acceptors (Lipinski definition) is 2. The van der Waals surface area contributed by atoms with Gasteiger partial charge in [-0.25, -0.2) is 4.79 Å². The predicted octanol–water partition coefficient (Wildman–Crippen LogP) is 2.85. The molecule has 0 saturated carbocycles. The number of carbonyl (C=O) groups is 1. The van der Waals surface area contributed by atoms with Crippen LogP contribution in [0.15, 0.2) is 18.2 Å². The fraction of sp³-hybridized carbons (Fsp3) is 0.300. The summed E-state index contributed by atoms with van der Waals surface area (Å²) in [4.78, 5) is 11.3. The number of benzene rings is 1. The Kier molecular flexibility index (Phi) is 3.71. The highest BCUT2D eigenvalue weighted by atomic mass is 127. The quantitative estimate of drug-likeness (QED) is 0.475. The average Bonchev–Trinajstić information content (AvgIpc) is 2.04. The zero-order chi connectivity index (χ0) is 9.84. The van der Waals surface area contributed by atoms with Gasteiger partial charge in [0, 0.05) is 0 Å². The summed E-state index contributed by atoms with van der Waals surface area (Å²) in [7, 11) is 0. The largest absolute Gasteiger partial charge is 0.451 e. The minimum absolute atomic E-state index is 0.244. The van der Waals surface area contributed by atoms with Crippen LogP contribution in [0.1, 0.15) is 21.5 Å². The first-order chi connectivity index (χ1) is 6.15. The Morgan fingerprint density at radius 2 is 2.15 bits per heavy atom. The second kappa shape index (κ2) is 4.60. The van der Waals surface area contributed by atoms with Crippen molar-refractivity contribution in [1.82, 2.24) is 0 Å². The van der Waals surface area contributed by atoms with Crippen molar-refractivity contribution in [2.45, 2.75) is 13.8 Å². The SMILES string of the molecule is Cc1ccc(C(=O)OCI)c(C)c1. The smallest absolute Gasteiger partial charge is 0.339 e. The summed E-state index contributed by atoms with van der Waals surface area (Å²) >= 11 is 2.00. The second-order valence-corrected chi connectivity index (χ2v) is 3.48. The number of esters is 1. The molecule has 0 spiro atoms. The minimum Gasteiger partial charge on any atom is -0.451 e. The maximum Gasteiger partial charge on any atom is 0.339 e. The molecule has 0 saturated heterocycles. The van der Waals surface area contributed by atoms with E-state index in [4.69, 9.17) is 4.74 Å². The zero-order valence-electron chi connectivity index (χ0n) is 7.63. The summed E-state index contributed by atoms with van der Waals surface area (Å²) < 4.78 is 5.29. The Hall–Kier alpha value is -0.580. The van der Waals surface area contributed by atoms with Crippen molar-refractivity contribution in [2.75, 3.05) is 4.61 Å². The molecule has 0 aromatic heterocycles. The van der Waals surface area contributed by atoms with E-state index in [1.807, 2.05) is 48.6 Å². The number of alkyl halides is 1. The summed E-state index contributed by atoms with van der Waals surface area (Å²) in [5.41, 5.74) is 2.78. The average molecular weight is 290 g/mol. The van der Waals surface area contributed by atoms with Crippen LogP contribution in [0.25, 0.3) is 0 Å². The maximum atomic E-state index is 11.3. The van der Waals surface area contributed by atoms with Crippen LogP contribution in [0.2, 0.25) is 0 Å². The van der Waals surface area contributed by atoms with E-state index in [-0.39, 0.29) is 5.97 Å². The van der Waals surface area contributed by atoms with E-state index in [2.05, 4.69) is 0 Å². The number of aryl methyl sites for hydroxylation is 2. The Labute approximate surface area is 91.4 Å². The molecular formula is C10H11IO2. The van der Waals surface area contributed by atoms with Crippen molar-refractivity contribution >= 4 is 28.6 Å². The summed E-state index contributed by atoms with van der Waals surface area (Å²) in [5.74, 6) is -0.244. The molecule has 13 heavy (non-hydrogen) atoms. The first-order valence-electron chi connectivity index (χ1n) is 3.95. The fourth-order valence-corrected chi connectivity index (χ4v) is 1.45. The number of ether oxygens (including phenoxy) is 1. The van der Waals surface area contributed by atoms with E-state index in [0.29, 0.717) is 10.2 Å². The molecule has 0 aliphatic carbocycles. The number of hydrogen-bond donors (Lipinski definition) is 0. The van der Waals surface area contributed by atoms with Gasteiger partial charge in [0.05, 0.1) is 5.56 Å². The molecule has 1 rings (SSSR count). The number of carbonyl (C=O) groups excluding carboxylic acids is 1. The third kappa shape index (κ3) is 2.69. The highest BCUT2D eigenvalue weighted by molar-refractivity contribution is 14.1. The van der Waals surface area contributed by atoms with Crippen LogP contribution in [0.5, 0.6) is 0 Å². The van der Waals surface area contributed by atoms with Gasteiger partial charge >= 0.3 is 5.97 Å². The molecule has 0 N–H and O–H groups in total. The first kappa shape index (κ1) is 10.5. The first-order valence-corrected chi connectivity index (χ1v) is 5.48. The molecular weight excluding hydrogens is 279 g/mol. The van der Waals surface area contributed by atoms with Gasteiger partial charge in [-0.05, 0) is 48.1 Å². The molecule has 0 fully saturated rings. The van der Waals surface area contributed by atoms with Crippen molar-refractivity contribution in [1.29, 1.82) is 0 Å². The molecule has 0 aliphatic heterocycles. The van der Waals surface area contributed by atoms with E-state index < -0.39 is 0 Å². The van der Waals surface area contributed by atoms with E-state index in [1.54, 1.807) is 6.07 Å². The third-order valence-electron chi connectivity index (χ3n) is 1.79. The fourth-order valence-electron chi connectivity index (χ4n) is 1.17. The molecule has 70 valence electrons. The van der Waals surface area contributed by atoms with Crippen LogP contribution < -0.4 is 0 Å². The Balaban J connectivity index is 2.95. The highest BCUT2D eigenvalue weighted by Crippen LogP contribution is 2.11. The van der Waals surface area contributed by atoms with Crippen molar-refractivity contribution < 1.29 is 9.53 Å². The molecule has 1 aromatic rings. The Bertz CT molecular complexity index is 321. The lowest BCUT2D eigenvalue weighted by Crippen LogP contribution is -2.05. The van der Waals surface area contributed by atoms with Gasteiger partial charge in [0.1, 0.15) is 4.61 Å². The molecule has 3 heteroatoms. The topological polar surface area (TPSA) is 26.3 Å². The molecule has 0 atom stereocenters. The van der Waals surface area contributed by atoms with Crippen LogP contribution in [0.4, 0.5) is 0 Å². The number of halogens is 1. The van der Waals surface area contributed by atoms with Crippen molar-refractivity contribution in [3.8, 4) is 0 Å². The van der Waals surface area contributed by atoms with E-state index >= 15 is 0 Å². The minimum atomic E-state index is -0.244. The standard InChI is InChI=1S/C10H11IO2/c1-7-3-4-9(8(2)5-7)10(12)13-6-11/h3-5H,6H2,1-2H3. The molecule has 0 heterocycles. The molecule has 0 bridgehead atoms. The monoisotopic (exact) mass is 290 g/mol. The molecule has 0 radical (unpaired) electrons. The maximum absolute atomic E-state index is 11.3. The molecule has 0 unspecified atom stereocenters. The van der Waals surface area contributed by atoms with Gasteiger partial charge in [-0.2, -0.15) is 0 Å². The highest BCUT2D eigenvalue weighted by Gasteiger charge is 2.08. The molecule has 2 nitrogen and oxygen atoms in total. The van der Waals surface area contributed by atoms with Gasteiger partial charge in [-0.1, -0.05) is 17.7 Å². The lowest BCUT2D eigenvalue weighted by Gasteiger charge is -2.04. The van der Waals surface area contributed by atoms with Crippen molar-refractivity contribution in [3.05, 3.63) is 34.9 Å². The lowest BCUT2D eigenvalue weighted by molar-refractivity contribution is 0.0589. The lowest BCUT2D eigenvalue weighted by atomic mass is 10.1. The zero-order valence-corrected chi connectivity index (χ0v) is 9.79. The van der Waals surface area contributed by atoms with E-state index in [0.717, 1.165) is 11.1 Å². The van der Waals surface area contributed by atoms with Crippen molar-refractivity contribution in [3.63, 3.8) is 0 Å². The van der Waals surface area contributed by atoms with Crippen LogP contribution >= 0.6 is 22.6 Å². The third-order valence-corrected chi connectivity index (χ3v) is 2.10. The van der Waals surface area contributed by atoms with Gasteiger partial charge in [-0.3, -0.25) is 0 Å². The molecule has 0 aliphatic rings. The van der Waals surface area contributed by atoms with E-state index in [9.17, 15) is 4.79 Å². The molecule has 1 aromatic carbocycles. The van der Waals surface area contributed by atoms with Gasteiger partial charge < -0.3 is 4.74 Å². The van der Waals surface area contributed by atoms with Gasteiger partial charge in [-0.15, -0.1) is 0 Å². The normalized spacial score (nSPS) is 9.77. The van der Waals surface area contributed by atoms with Gasteiger partial charge in [0.15, 0.2) is 0 Å². The van der Waals surface area contributed by atoms with Crippen LogP contribution in [0.3, 0.4) is 0 Å². The van der Waals surface area contributed by atoms with E-state index in [1.165, 1.54) is 0 Å². The van der Waals surface area contributed by atoms with Crippen LogP contribution in [-0.2, 0) is 4.74 Å². The second-order valence-electron chi connectivity index (χ2n) is 2.86. The summed E-state index contributed by atoms with van der Waals surface area (Å²) in [5, 5.41) is 0. The van der Waals surface area contributed by atoms with Crippen LogP contribution in [-0.4, -0.2) is 10.6 Å². The predicted molar refractivity (Wildman–Crippen MR) is 60.2 cm³/mol. The van der Waals surface area contributed by atoms with Gasteiger partial charge in [0.2, 0.25) is 0 Å². The van der Waals surface area contributed by atoms with Crippen molar-refractivity contribution in [2.24, 2.45) is 0 Å². The summed E-state index contributed by atoms with van der Waals surface area (Å²) in [6, 6.07) is 5.69. The van der Waals surface area contributed by atoms with Crippen LogP contribution in [0, 0.1) is 13.8 Å². The Morgan fingerprint density at radius 1 is 1.46 bits per heavy atom.